The van der Waals surface area contributed by atoms with Gasteiger partial charge in [-0.3, -0.25) is 0 Å². The Morgan fingerprint density at radius 2 is 1.67 bits per heavy atom. The molecule has 0 aliphatic carbocycles. The number of halogens is 2. The Kier molecular flexibility index (Phi) is 3.05. The molecule has 18 heavy (non-hydrogen) atoms. The molecule has 0 unspecified atom stereocenters. The van der Waals surface area contributed by atoms with Crippen molar-refractivity contribution in [1.82, 2.24) is 5.16 Å². The molecule has 0 radical (unpaired) electrons. The van der Waals surface area contributed by atoms with Crippen molar-refractivity contribution in [2.75, 3.05) is 20.0 Å². The second-order valence-corrected chi connectivity index (χ2v) is 3.40. The molecule has 0 aliphatic rings. The molecule has 7 heteroatoms. The van der Waals surface area contributed by atoms with Crippen molar-refractivity contribution >= 4 is 5.82 Å². The van der Waals surface area contributed by atoms with Crippen LogP contribution in [0.2, 0.25) is 0 Å². The predicted molar refractivity (Wildman–Crippen MR) is 59.4 cm³/mol. The molecule has 2 aromatic rings. The first kappa shape index (κ1) is 12.2. The zero-order chi connectivity index (χ0) is 13.3. The maximum Gasteiger partial charge on any atom is 0.179 e. The van der Waals surface area contributed by atoms with E-state index < -0.39 is 17.2 Å². The fourth-order valence-corrected chi connectivity index (χ4v) is 1.51. The van der Waals surface area contributed by atoms with Crippen LogP contribution < -0.4 is 15.2 Å². The molecular formula is C11H10F2N2O3. The Labute approximate surface area is 101 Å². The molecule has 0 amide bonds. The summed E-state index contributed by atoms with van der Waals surface area (Å²) in [6.45, 7) is 0. The van der Waals surface area contributed by atoms with E-state index in [-0.39, 0.29) is 23.1 Å². The first-order valence-electron chi connectivity index (χ1n) is 4.91. The standard InChI is InChI=1S/C11H10F2N2O3/c1-16-6-3-7(17-2)11(13)9(10(6)12)5-4-8(14)15-18-5/h3-4H,1-2H3,(H2,14,15). The maximum atomic E-state index is 14.0. The summed E-state index contributed by atoms with van der Waals surface area (Å²) in [4.78, 5) is 0. The van der Waals surface area contributed by atoms with Gasteiger partial charge in [0.1, 0.15) is 0 Å². The molecule has 0 bridgehead atoms. The van der Waals surface area contributed by atoms with E-state index >= 15 is 0 Å². The first-order valence-corrected chi connectivity index (χ1v) is 4.91. The average molecular weight is 256 g/mol. The van der Waals surface area contributed by atoms with Crippen LogP contribution in [0.15, 0.2) is 16.7 Å². The van der Waals surface area contributed by atoms with Gasteiger partial charge in [-0.05, 0) is 0 Å². The summed E-state index contributed by atoms with van der Waals surface area (Å²) in [6.07, 6.45) is 0. The van der Waals surface area contributed by atoms with Gasteiger partial charge in [0.15, 0.2) is 34.7 Å². The number of methoxy groups -OCH3 is 2. The van der Waals surface area contributed by atoms with Crippen molar-refractivity contribution in [3.8, 4) is 22.8 Å². The quantitative estimate of drug-likeness (QED) is 0.911. The van der Waals surface area contributed by atoms with Crippen LogP contribution >= 0.6 is 0 Å². The van der Waals surface area contributed by atoms with E-state index in [4.69, 9.17) is 19.7 Å². The summed E-state index contributed by atoms with van der Waals surface area (Å²) >= 11 is 0. The number of nitrogens with two attached hydrogens (primary N) is 1. The normalized spacial score (nSPS) is 10.4. The van der Waals surface area contributed by atoms with Crippen LogP contribution in [0.5, 0.6) is 11.5 Å². The molecule has 2 rings (SSSR count). The number of ether oxygens (including phenoxy) is 2. The van der Waals surface area contributed by atoms with E-state index in [2.05, 4.69) is 5.16 Å². The van der Waals surface area contributed by atoms with Gasteiger partial charge in [-0.2, -0.15) is 0 Å². The number of hydrogen-bond acceptors (Lipinski definition) is 5. The summed E-state index contributed by atoms with van der Waals surface area (Å²) in [5.41, 5.74) is 4.91. The van der Waals surface area contributed by atoms with E-state index in [0.717, 1.165) is 6.07 Å². The van der Waals surface area contributed by atoms with Gasteiger partial charge in [0.2, 0.25) is 0 Å². The molecule has 96 valence electrons. The van der Waals surface area contributed by atoms with Crippen molar-refractivity contribution in [2.45, 2.75) is 0 Å². The average Bonchev–Trinajstić information content (AvgIpc) is 2.76. The zero-order valence-corrected chi connectivity index (χ0v) is 9.66. The van der Waals surface area contributed by atoms with E-state index in [1.165, 1.54) is 20.3 Å². The van der Waals surface area contributed by atoms with Crippen LogP contribution in [-0.4, -0.2) is 19.4 Å². The minimum atomic E-state index is -0.910. The number of aromatic nitrogens is 1. The first-order chi connectivity index (χ1) is 8.58. The van der Waals surface area contributed by atoms with E-state index in [1.54, 1.807) is 0 Å². The number of benzene rings is 1. The summed E-state index contributed by atoms with van der Waals surface area (Å²) in [7, 11) is 2.52. The third-order valence-electron chi connectivity index (χ3n) is 2.35. The monoisotopic (exact) mass is 256 g/mol. The summed E-state index contributed by atoms with van der Waals surface area (Å²) in [6, 6.07) is 2.31. The molecule has 0 saturated carbocycles. The van der Waals surface area contributed by atoms with E-state index in [9.17, 15) is 8.78 Å². The SMILES string of the molecule is COc1cc(OC)c(F)c(-c2cc(N)no2)c1F. The lowest BCUT2D eigenvalue weighted by Crippen LogP contribution is -1.98. The number of nitrogen functional groups attached to an aromatic ring is 1. The Balaban J connectivity index is 2.71. The van der Waals surface area contributed by atoms with Gasteiger partial charge in [-0.25, -0.2) is 8.78 Å². The predicted octanol–water partition coefficient (Wildman–Crippen LogP) is 2.22. The highest BCUT2D eigenvalue weighted by atomic mass is 19.1. The van der Waals surface area contributed by atoms with Crippen molar-refractivity contribution in [3.05, 3.63) is 23.8 Å². The van der Waals surface area contributed by atoms with Gasteiger partial charge in [0.05, 0.1) is 19.8 Å². The highest BCUT2D eigenvalue weighted by Crippen LogP contribution is 2.37. The third kappa shape index (κ3) is 1.83. The fourth-order valence-electron chi connectivity index (χ4n) is 1.51. The Bertz CT molecular complexity index is 556. The number of rotatable bonds is 3. The number of hydrogen-bond donors (Lipinski definition) is 1. The molecule has 0 aliphatic heterocycles. The molecule has 1 heterocycles. The van der Waals surface area contributed by atoms with Crippen molar-refractivity contribution in [2.24, 2.45) is 0 Å². The van der Waals surface area contributed by atoms with Gasteiger partial charge < -0.3 is 19.7 Å². The van der Waals surface area contributed by atoms with E-state index in [1.807, 2.05) is 0 Å². The molecule has 0 saturated heterocycles. The Morgan fingerprint density at radius 1 is 1.11 bits per heavy atom. The summed E-state index contributed by atoms with van der Waals surface area (Å²) in [5, 5.41) is 3.37. The highest BCUT2D eigenvalue weighted by Gasteiger charge is 2.24. The van der Waals surface area contributed by atoms with Gasteiger partial charge in [-0.1, -0.05) is 5.16 Å². The smallest absolute Gasteiger partial charge is 0.179 e. The zero-order valence-electron chi connectivity index (χ0n) is 9.66. The number of nitrogens with zero attached hydrogens (tertiary/aromatic N) is 1. The molecular weight excluding hydrogens is 246 g/mol. The largest absolute Gasteiger partial charge is 0.494 e. The van der Waals surface area contributed by atoms with Gasteiger partial charge in [-0.15, -0.1) is 0 Å². The minimum Gasteiger partial charge on any atom is -0.494 e. The van der Waals surface area contributed by atoms with Crippen molar-refractivity contribution in [3.63, 3.8) is 0 Å². The molecule has 1 aromatic heterocycles. The van der Waals surface area contributed by atoms with Crippen LogP contribution in [-0.2, 0) is 0 Å². The van der Waals surface area contributed by atoms with Crippen molar-refractivity contribution < 1.29 is 22.8 Å². The third-order valence-corrected chi connectivity index (χ3v) is 2.35. The lowest BCUT2D eigenvalue weighted by atomic mass is 10.1. The van der Waals surface area contributed by atoms with Gasteiger partial charge in [0.25, 0.3) is 0 Å². The summed E-state index contributed by atoms with van der Waals surface area (Å²) in [5.74, 6) is -2.28. The van der Waals surface area contributed by atoms with Crippen LogP contribution in [0.4, 0.5) is 14.6 Å². The molecule has 1 aromatic carbocycles. The van der Waals surface area contributed by atoms with Crippen LogP contribution in [0.25, 0.3) is 11.3 Å². The molecule has 5 nitrogen and oxygen atoms in total. The van der Waals surface area contributed by atoms with Crippen molar-refractivity contribution in [1.29, 1.82) is 0 Å². The maximum absolute atomic E-state index is 14.0. The molecule has 2 N–H and O–H groups in total. The minimum absolute atomic E-state index is 0.0191. The summed E-state index contributed by atoms with van der Waals surface area (Å²) < 4.78 is 42.3. The fraction of sp³-hybridized carbons (Fsp3) is 0.182. The van der Waals surface area contributed by atoms with Crippen LogP contribution in [0, 0.1) is 11.6 Å². The van der Waals surface area contributed by atoms with Crippen LogP contribution in [0.1, 0.15) is 0 Å². The second kappa shape index (κ2) is 4.52. The lowest BCUT2D eigenvalue weighted by molar-refractivity contribution is 0.356. The van der Waals surface area contributed by atoms with Crippen LogP contribution in [0.3, 0.4) is 0 Å². The van der Waals surface area contributed by atoms with E-state index in [0.29, 0.717) is 0 Å². The molecule has 0 spiro atoms. The highest BCUT2D eigenvalue weighted by molar-refractivity contribution is 5.66. The Hall–Kier alpha value is -2.31. The number of anilines is 1. The molecule has 0 atom stereocenters. The lowest BCUT2D eigenvalue weighted by Gasteiger charge is -2.10. The second-order valence-electron chi connectivity index (χ2n) is 3.40. The Morgan fingerprint density at radius 3 is 2.06 bits per heavy atom. The topological polar surface area (TPSA) is 70.5 Å². The van der Waals surface area contributed by atoms with Gasteiger partial charge >= 0.3 is 0 Å². The molecule has 0 fully saturated rings. The van der Waals surface area contributed by atoms with Gasteiger partial charge in [0, 0.05) is 12.1 Å².